The summed E-state index contributed by atoms with van der Waals surface area (Å²) in [4.78, 5) is 11.7. The van der Waals surface area contributed by atoms with Gasteiger partial charge in [0.15, 0.2) is 0 Å². The van der Waals surface area contributed by atoms with Crippen molar-refractivity contribution in [1.29, 1.82) is 0 Å². The summed E-state index contributed by atoms with van der Waals surface area (Å²) in [5.41, 5.74) is -0.195. The van der Waals surface area contributed by atoms with Crippen molar-refractivity contribution in [2.45, 2.75) is 47.5 Å². The highest BCUT2D eigenvalue weighted by Crippen LogP contribution is 2.22. The molecule has 0 saturated heterocycles. The molecular weight excluding hydrogens is 160 g/mol. The lowest BCUT2D eigenvalue weighted by Gasteiger charge is -2.20. The first kappa shape index (κ1) is 12.4. The minimum Gasteiger partial charge on any atom is -0.299 e. The lowest BCUT2D eigenvalue weighted by molar-refractivity contribution is -0.129. The summed E-state index contributed by atoms with van der Waals surface area (Å²) >= 11 is 0. The number of allylic oxidation sites excluding steroid dienone is 2. The molecule has 0 bridgehead atoms. The largest absolute Gasteiger partial charge is 0.299 e. The Labute approximate surface area is 82.2 Å². The molecule has 76 valence electrons. The second-order valence-corrected chi connectivity index (χ2v) is 4.63. The van der Waals surface area contributed by atoms with Gasteiger partial charge in [0.2, 0.25) is 0 Å². The van der Waals surface area contributed by atoms with Gasteiger partial charge in [-0.2, -0.15) is 0 Å². The van der Waals surface area contributed by atoms with Crippen LogP contribution in [-0.4, -0.2) is 5.78 Å². The zero-order chi connectivity index (χ0) is 10.5. The highest BCUT2D eigenvalue weighted by molar-refractivity contribution is 5.85. The van der Waals surface area contributed by atoms with Gasteiger partial charge in [-0.05, 0) is 12.8 Å². The molecule has 1 nitrogen and oxygen atoms in total. The van der Waals surface area contributed by atoms with E-state index >= 15 is 0 Å². The molecule has 0 aromatic heterocycles. The highest BCUT2D eigenvalue weighted by Gasteiger charge is 2.25. The van der Waals surface area contributed by atoms with Crippen molar-refractivity contribution < 1.29 is 4.79 Å². The van der Waals surface area contributed by atoms with Gasteiger partial charge < -0.3 is 0 Å². The summed E-state index contributed by atoms with van der Waals surface area (Å²) in [5.74, 6) is 0.510. The standard InChI is InChI=1S/C12H22O/c1-6-7-8-9-10(2)11(13)12(3,4)5/h7-8,10H,6,9H2,1-5H3/b8-7-. The first-order valence-corrected chi connectivity index (χ1v) is 5.09. The molecule has 13 heavy (non-hydrogen) atoms. The number of ketones is 1. The zero-order valence-corrected chi connectivity index (χ0v) is 9.55. The molecule has 1 atom stereocenters. The third-order valence-electron chi connectivity index (χ3n) is 2.08. The number of hydrogen-bond acceptors (Lipinski definition) is 1. The third-order valence-corrected chi connectivity index (χ3v) is 2.08. The van der Waals surface area contributed by atoms with Crippen LogP contribution in [0.1, 0.15) is 47.5 Å². The van der Waals surface area contributed by atoms with E-state index < -0.39 is 0 Å². The van der Waals surface area contributed by atoms with E-state index in [9.17, 15) is 4.79 Å². The number of carbonyl (C=O) groups excluding carboxylic acids is 1. The van der Waals surface area contributed by atoms with Crippen LogP contribution < -0.4 is 0 Å². The van der Waals surface area contributed by atoms with Crippen LogP contribution >= 0.6 is 0 Å². The quantitative estimate of drug-likeness (QED) is 0.607. The molecule has 0 aliphatic carbocycles. The number of Topliss-reactive ketones (excluding diaryl/α,β-unsaturated/α-hetero) is 1. The van der Waals surface area contributed by atoms with Crippen LogP contribution in [0.25, 0.3) is 0 Å². The van der Waals surface area contributed by atoms with Gasteiger partial charge in [-0.25, -0.2) is 0 Å². The Morgan fingerprint density at radius 3 is 2.23 bits per heavy atom. The van der Waals surface area contributed by atoms with E-state index in [1.807, 2.05) is 27.7 Å². The minimum atomic E-state index is -0.195. The van der Waals surface area contributed by atoms with E-state index in [1.165, 1.54) is 0 Å². The van der Waals surface area contributed by atoms with Crippen LogP contribution in [0.2, 0.25) is 0 Å². The smallest absolute Gasteiger partial charge is 0.141 e. The van der Waals surface area contributed by atoms with Crippen LogP contribution in [0, 0.1) is 11.3 Å². The molecule has 0 radical (unpaired) electrons. The lowest BCUT2D eigenvalue weighted by atomic mass is 9.82. The summed E-state index contributed by atoms with van der Waals surface area (Å²) in [6.45, 7) is 10.1. The topological polar surface area (TPSA) is 17.1 Å². The third kappa shape index (κ3) is 4.87. The summed E-state index contributed by atoms with van der Waals surface area (Å²) in [5, 5.41) is 0. The lowest BCUT2D eigenvalue weighted by Crippen LogP contribution is -2.26. The molecule has 1 unspecified atom stereocenters. The van der Waals surface area contributed by atoms with Gasteiger partial charge in [-0.3, -0.25) is 4.79 Å². The van der Waals surface area contributed by atoms with Crippen molar-refractivity contribution >= 4 is 5.78 Å². The van der Waals surface area contributed by atoms with Gasteiger partial charge in [0.05, 0.1) is 0 Å². The average molecular weight is 182 g/mol. The second kappa shape index (κ2) is 5.21. The van der Waals surface area contributed by atoms with Gasteiger partial charge in [-0.1, -0.05) is 46.8 Å². The fourth-order valence-electron chi connectivity index (χ4n) is 1.31. The Bertz CT molecular complexity index is 184. The zero-order valence-electron chi connectivity index (χ0n) is 9.55. The second-order valence-electron chi connectivity index (χ2n) is 4.63. The molecule has 0 aromatic rings. The molecule has 0 saturated carbocycles. The van der Waals surface area contributed by atoms with Gasteiger partial charge in [0, 0.05) is 11.3 Å². The van der Waals surface area contributed by atoms with Crippen LogP contribution in [0.5, 0.6) is 0 Å². The van der Waals surface area contributed by atoms with Gasteiger partial charge in [0.25, 0.3) is 0 Å². The predicted octanol–water partition coefficient (Wildman–Crippen LogP) is 3.59. The minimum absolute atomic E-state index is 0.155. The van der Waals surface area contributed by atoms with E-state index in [1.54, 1.807) is 0 Å². The monoisotopic (exact) mass is 182 g/mol. The Morgan fingerprint density at radius 2 is 1.85 bits per heavy atom. The molecule has 0 aromatic carbocycles. The van der Waals surface area contributed by atoms with E-state index in [2.05, 4.69) is 19.1 Å². The van der Waals surface area contributed by atoms with Crippen molar-refractivity contribution in [2.24, 2.45) is 11.3 Å². The van der Waals surface area contributed by atoms with Gasteiger partial charge >= 0.3 is 0 Å². The molecule has 0 fully saturated rings. The summed E-state index contributed by atoms with van der Waals surface area (Å²) < 4.78 is 0. The van der Waals surface area contributed by atoms with Crippen molar-refractivity contribution in [3.8, 4) is 0 Å². The molecule has 0 rings (SSSR count). The van der Waals surface area contributed by atoms with Crippen molar-refractivity contribution in [2.75, 3.05) is 0 Å². The maximum atomic E-state index is 11.7. The fraction of sp³-hybridized carbons (Fsp3) is 0.750. The SMILES string of the molecule is CC/C=C\CC(C)C(=O)C(C)(C)C. The molecule has 0 spiro atoms. The number of carbonyl (C=O) groups is 1. The highest BCUT2D eigenvalue weighted by atomic mass is 16.1. The first-order chi connectivity index (χ1) is 5.89. The normalized spacial score (nSPS) is 14.8. The average Bonchev–Trinajstić information content (AvgIpc) is 2.01. The fourth-order valence-corrected chi connectivity index (χ4v) is 1.31. The maximum absolute atomic E-state index is 11.7. The van der Waals surface area contributed by atoms with Crippen LogP contribution in [-0.2, 0) is 4.79 Å². The molecule has 0 N–H and O–H groups in total. The maximum Gasteiger partial charge on any atom is 0.141 e. The van der Waals surface area contributed by atoms with E-state index in [-0.39, 0.29) is 11.3 Å². The Kier molecular flexibility index (Phi) is 4.97. The summed E-state index contributed by atoms with van der Waals surface area (Å²) in [6, 6.07) is 0. The molecule has 0 heterocycles. The van der Waals surface area contributed by atoms with Gasteiger partial charge in [-0.15, -0.1) is 0 Å². The van der Waals surface area contributed by atoms with E-state index in [0.717, 1.165) is 12.8 Å². The molecular formula is C12H22O. The first-order valence-electron chi connectivity index (χ1n) is 5.09. The number of hydrogen-bond donors (Lipinski definition) is 0. The van der Waals surface area contributed by atoms with Crippen molar-refractivity contribution in [3.63, 3.8) is 0 Å². The molecule has 0 aliphatic rings. The summed E-state index contributed by atoms with van der Waals surface area (Å²) in [7, 11) is 0. The molecule has 1 heteroatoms. The van der Waals surface area contributed by atoms with E-state index in [4.69, 9.17) is 0 Å². The summed E-state index contributed by atoms with van der Waals surface area (Å²) in [6.07, 6.45) is 6.15. The van der Waals surface area contributed by atoms with Crippen LogP contribution in [0.3, 0.4) is 0 Å². The van der Waals surface area contributed by atoms with Gasteiger partial charge in [0.1, 0.15) is 5.78 Å². The van der Waals surface area contributed by atoms with E-state index in [0.29, 0.717) is 5.78 Å². The number of rotatable bonds is 4. The molecule has 0 aliphatic heterocycles. The Hall–Kier alpha value is -0.590. The van der Waals surface area contributed by atoms with Crippen LogP contribution in [0.4, 0.5) is 0 Å². The Morgan fingerprint density at radius 1 is 1.31 bits per heavy atom. The molecule has 0 amide bonds. The van der Waals surface area contributed by atoms with Crippen molar-refractivity contribution in [1.82, 2.24) is 0 Å². The predicted molar refractivity (Wildman–Crippen MR) is 57.7 cm³/mol. The van der Waals surface area contributed by atoms with Crippen molar-refractivity contribution in [3.05, 3.63) is 12.2 Å². The van der Waals surface area contributed by atoms with Crippen LogP contribution in [0.15, 0.2) is 12.2 Å². The Balaban J connectivity index is 4.05.